The van der Waals surface area contributed by atoms with E-state index in [-0.39, 0.29) is 5.91 Å². The van der Waals surface area contributed by atoms with Crippen LogP contribution in [0.15, 0.2) is 30.5 Å². The Labute approximate surface area is 129 Å². The summed E-state index contributed by atoms with van der Waals surface area (Å²) in [5, 5.41) is 3.38. The number of carbonyl (C=O) groups excluding carboxylic acids is 1. The normalized spacial score (nSPS) is 12.2. The molecule has 1 atom stereocenters. The van der Waals surface area contributed by atoms with Gasteiger partial charge in [-0.15, -0.1) is 11.3 Å². The molecule has 2 aromatic rings. The Bertz CT molecular complexity index is 622. The Hall–Kier alpha value is -1.88. The SMILES string of the molecule is Cc1cnc(NC(=O)C(C)Oc2ccccc2C(C)C)s1. The van der Waals surface area contributed by atoms with E-state index in [0.29, 0.717) is 11.0 Å². The number of carbonyl (C=O) groups is 1. The van der Waals surface area contributed by atoms with Gasteiger partial charge in [0, 0.05) is 11.1 Å². The second kappa shape index (κ2) is 6.72. The molecular formula is C16H20N2O2S. The molecule has 0 fully saturated rings. The van der Waals surface area contributed by atoms with Gasteiger partial charge in [-0.1, -0.05) is 32.0 Å². The second-order valence-corrected chi connectivity index (χ2v) is 6.45. The number of nitrogens with one attached hydrogen (secondary N) is 1. The van der Waals surface area contributed by atoms with E-state index in [2.05, 4.69) is 24.1 Å². The summed E-state index contributed by atoms with van der Waals surface area (Å²) in [5.41, 5.74) is 1.10. The number of ether oxygens (including phenoxy) is 1. The largest absolute Gasteiger partial charge is 0.481 e. The molecule has 1 aromatic carbocycles. The lowest BCUT2D eigenvalue weighted by Gasteiger charge is -2.18. The van der Waals surface area contributed by atoms with Gasteiger partial charge in [-0.2, -0.15) is 0 Å². The molecule has 2 rings (SSSR count). The van der Waals surface area contributed by atoms with Crippen LogP contribution in [-0.4, -0.2) is 17.0 Å². The summed E-state index contributed by atoms with van der Waals surface area (Å²) in [6, 6.07) is 7.81. The van der Waals surface area contributed by atoms with Crippen molar-refractivity contribution in [1.82, 2.24) is 4.98 Å². The first-order chi connectivity index (χ1) is 9.97. The maximum absolute atomic E-state index is 12.1. The topological polar surface area (TPSA) is 51.2 Å². The lowest BCUT2D eigenvalue weighted by molar-refractivity contribution is -0.122. The predicted octanol–water partition coefficient (Wildman–Crippen LogP) is 3.98. The van der Waals surface area contributed by atoms with Gasteiger partial charge in [-0.3, -0.25) is 10.1 Å². The van der Waals surface area contributed by atoms with Gasteiger partial charge in [0.25, 0.3) is 5.91 Å². The van der Waals surface area contributed by atoms with E-state index in [1.54, 1.807) is 13.1 Å². The van der Waals surface area contributed by atoms with E-state index >= 15 is 0 Å². The van der Waals surface area contributed by atoms with Gasteiger partial charge in [0.15, 0.2) is 11.2 Å². The number of nitrogens with zero attached hydrogens (tertiary/aromatic N) is 1. The van der Waals surface area contributed by atoms with Crippen LogP contribution >= 0.6 is 11.3 Å². The van der Waals surface area contributed by atoms with Crippen molar-refractivity contribution < 1.29 is 9.53 Å². The zero-order valence-electron chi connectivity index (χ0n) is 12.7. The Balaban J connectivity index is 2.04. The average Bonchev–Trinajstić information content (AvgIpc) is 2.84. The molecule has 1 aromatic heterocycles. The first kappa shape index (κ1) is 15.5. The molecule has 0 aliphatic carbocycles. The molecule has 0 aliphatic rings. The molecule has 1 N–H and O–H groups in total. The van der Waals surface area contributed by atoms with E-state index in [0.717, 1.165) is 16.2 Å². The number of para-hydroxylation sites is 1. The van der Waals surface area contributed by atoms with Crippen LogP contribution in [0.4, 0.5) is 5.13 Å². The summed E-state index contributed by atoms with van der Waals surface area (Å²) in [4.78, 5) is 17.3. The van der Waals surface area contributed by atoms with Crippen molar-refractivity contribution in [3.8, 4) is 5.75 Å². The molecule has 0 saturated heterocycles. The van der Waals surface area contributed by atoms with Gasteiger partial charge >= 0.3 is 0 Å². The first-order valence-corrected chi connectivity index (χ1v) is 7.78. The third-order valence-corrected chi connectivity index (χ3v) is 3.89. The summed E-state index contributed by atoms with van der Waals surface area (Å²) < 4.78 is 5.81. The number of amides is 1. The highest BCUT2D eigenvalue weighted by atomic mass is 32.1. The van der Waals surface area contributed by atoms with Gasteiger partial charge < -0.3 is 4.74 Å². The summed E-state index contributed by atoms with van der Waals surface area (Å²) in [7, 11) is 0. The highest BCUT2D eigenvalue weighted by Gasteiger charge is 2.18. The maximum Gasteiger partial charge on any atom is 0.266 e. The van der Waals surface area contributed by atoms with Crippen molar-refractivity contribution in [3.63, 3.8) is 0 Å². The van der Waals surface area contributed by atoms with Crippen molar-refractivity contribution in [3.05, 3.63) is 40.9 Å². The fourth-order valence-electron chi connectivity index (χ4n) is 1.93. The smallest absolute Gasteiger partial charge is 0.266 e. The maximum atomic E-state index is 12.1. The van der Waals surface area contributed by atoms with Crippen LogP contribution in [0.2, 0.25) is 0 Å². The molecule has 112 valence electrons. The van der Waals surface area contributed by atoms with Crippen LogP contribution in [0.3, 0.4) is 0 Å². The number of aromatic nitrogens is 1. The van der Waals surface area contributed by atoms with Crippen molar-refractivity contribution >= 4 is 22.4 Å². The first-order valence-electron chi connectivity index (χ1n) is 6.96. The van der Waals surface area contributed by atoms with Gasteiger partial charge in [0.2, 0.25) is 0 Å². The summed E-state index contributed by atoms with van der Waals surface area (Å²) >= 11 is 1.45. The minimum absolute atomic E-state index is 0.192. The van der Waals surface area contributed by atoms with Crippen molar-refractivity contribution in [2.24, 2.45) is 0 Å². The van der Waals surface area contributed by atoms with Gasteiger partial charge in [0.1, 0.15) is 5.75 Å². The molecule has 1 amide bonds. The molecule has 0 spiro atoms. The second-order valence-electron chi connectivity index (χ2n) is 5.22. The number of hydrogen-bond acceptors (Lipinski definition) is 4. The average molecular weight is 304 g/mol. The van der Waals surface area contributed by atoms with E-state index in [4.69, 9.17) is 4.74 Å². The summed E-state index contributed by atoms with van der Waals surface area (Å²) in [5.74, 6) is 0.909. The minimum atomic E-state index is -0.575. The molecular weight excluding hydrogens is 284 g/mol. The molecule has 21 heavy (non-hydrogen) atoms. The fourth-order valence-corrected chi connectivity index (χ4v) is 2.60. The number of anilines is 1. The van der Waals surface area contributed by atoms with Crippen LogP contribution < -0.4 is 10.1 Å². The lowest BCUT2D eigenvalue weighted by Crippen LogP contribution is -2.30. The number of hydrogen-bond donors (Lipinski definition) is 1. The van der Waals surface area contributed by atoms with E-state index < -0.39 is 6.10 Å². The van der Waals surface area contributed by atoms with Gasteiger partial charge in [-0.25, -0.2) is 4.98 Å². The van der Waals surface area contributed by atoms with Crippen LogP contribution in [0.1, 0.15) is 37.1 Å². The molecule has 0 radical (unpaired) electrons. The monoisotopic (exact) mass is 304 g/mol. The Morgan fingerprint density at radius 1 is 1.29 bits per heavy atom. The molecule has 0 saturated carbocycles. The Kier molecular flexibility index (Phi) is 4.96. The van der Waals surface area contributed by atoms with Crippen LogP contribution in [0.5, 0.6) is 5.75 Å². The standard InChI is InChI=1S/C16H20N2O2S/c1-10(2)13-7-5-6-8-14(13)20-12(4)15(19)18-16-17-9-11(3)21-16/h5-10,12H,1-4H3,(H,17,18,19). The van der Waals surface area contributed by atoms with Crippen LogP contribution in [0, 0.1) is 6.92 Å². The van der Waals surface area contributed by atoms with Gasteiger partial charge in [-0.05, 0) is 31.4 Å². The van der Waals surface area contributed by atoms with E-state index in [9.17, 15) is 4.79 Å². The van der Waals surface area contributed by atoms with Crippen LogP contribution in [0.25, 0.3) is 0 Å². The molecule has 5 heteroatoms. The molecule has 1 heterocycles. The third-order valence-electron chi connectivity index (χ3n) is 3.07. The number of thiazole rings is 1. The zero-order valence-corrected chi connectivity index (χ0v) is 13.5. The van der Waals surface area contributed by atoms with Crippen molar-refractivity contribution in [2.45, 2.75) is 39.7 Å². The molecule has 0 aliphatic heterocycles. The number of rotatable bonds is 5. The number of aryl methyl sites for hydroxylation is 1. The van der Waals surface area contributed by atoms with Crippen LogP contribution in [-0.2, 0) is 4.79 Å². The van der Waals surface area contributed by atoms with Gasteiger partial charge in [0.05, 0.1) is 0 Å². The zero-order chi connectivity index (χ0) is 15.4. The molecule has 4 nitrogen and oxygen atoms in total. The third kappa shape index (κ3) is 4.04. The molecule has 0 bridgehead atoms. The van der Waals surface area contributed by atoms with Crippen molar-refractivity contribution in [1.29, 1.82) is 0 Å². The number of benzene rings is 1. The summed E-state index contributed by atoms with van der Waals surface area (Å²) in [6.45, 7) is 7.90. The van der Waals surface area contributed by atoms with E-state index in [1.807, 2.05) is 31.2 Å². The highest BCUT2D eigenvalue weighted by Crippen LogP contribution is 2.27. The lowest BCUT2D eigenvalue weighted by atomic mass is 10.0. The fraction of sp³-hybridized carbons (Fsp3) is 0.375. The van der Waals surface area contributed by atoms with E-state index in [1.165, 1.54) is 11.3 Å². The highest BCUT2D eigenvalue weighted by molar-refractivity contribution is 7.15. The minimum Gasteiger partial charge on any atom is -0.481 e. The Morgan fingerprint density at radius 3 is 2.62 bits per heavy atom. The van der Waals surface area contributed by atoms with Crippen molar-refractivity contribution in [2.75, 3.05) is 5.32 Å². The summed E-state index contributed by atoms with van der Waals surface area (Å²) in [6.07, 6.45) is 1.16. The Morgan fingerprint density at radius 2 is 2.00 bits per heavy atom. The quantitative estimate of drug-likeness (QED) is 0.909. The molecule has 1 unspecified atom stereocenters. The predicted molar refractivity (Wildman–Crippen MR) is 86.1 cm³/mol.